The summed E-state index contributed by atoms with van der Waals surface area (Å²) in [7, 11) is 0. The summed E-state index contributed by atoms with van der Waals surface area (Å²) in [6, 6.07) is 7.45. The summed E-state index contributed by atoms with van der Waals surface area (Å²) in [6.07, 6.45) is 0. The van der Waals surface area contributed by atoms with Gasteiger partial charge in [0.05, 0.1) is 0 Å². The average molecular weight is 180 g/mol. The molecule has 2 rings (SSSR count). The molecule has 0 atom stereocenters. The summed E-state index contributed by atoms with van der Waals surface area (Å²) < 4.78 is 21.4. The highest BCUT2D eigenvalue weighted by molar-refractivity contribution is 5.55. The van der Waals surface area contributed by atoms with E-state index < -0.39 is 11.8 Å². The molecule has 0 aliphatic heterocycles. The monoisotopic (exact) mass is 180 g/mol. The van der Waals surface area contributed by atoms with E-state index in [1.54, 1.807) is 30.3 Å². The van der Waals surface area contributed by atoms with Crippen molar-refractivity contribution in [3.63, 3.8) is 0 Å². The van der Waals surface area contributed by atoms with Gasteiger partial charge in [-0.3, -0.25) is 0 Å². The van der Waals surface area contributed by atoms with Crippen LogP contribution >= 0.6 is 0 Å². The van der Waals surface area contributed by atoms with Crippen LogP contribution in [-0.4, -0.2) is 0 Å². The van der Waals surface area contributed by atoms with Crippen LogP contribution in [0.2, 0.25) is 0 Å². The lowest BCUT2D eigenvalue weighted by Gasteiger charge is -1.91. The smallest absolute Gasteiger partial charge is 0.387 e. The number of rotatable bonds is 1. The van der Waals surface area contributed by atoms with Crippen molar-refractivity contribution in [2.75, 3.05) is 0 Å². The van der Waals surface area contributed by atoms with Crippen molar-refractivity contribution in [2.24, 2.45) is 0 Å². The van der Waals surface area contributed by atoms with Crippen LogP contribution in [0.3, 0.4) is 0 Å². The predicted molar refractivity (Wildman–Crippen MR) is 42.6 cm³/mol. The minimum atomic E-state index is -1.03. The molecule has 13 heavy (non-hydrogen) atoms. The zero-order valence-electron chi connectivity index (χ0n) is 6.49. The lowest BCUT2D eigenvalue weighted by molar-refractivity contribution is 0.312. The normalized spacial score (nSPS) is 10.2. The molecule has 3 nitrogen and oxygen atoms in total. The van der Waals surface area contributed by atoms with E-state index in [0.29, 0.717) is 5.56 Å². The van der Waals surface area contributed by atoms with Gasteiger partial charge in [0.2, 0.25) is 5.76 Å². The highest BCUT2D eigenvalue weighted by atomic mass is 19.1. The van der Waals surface area contributed by atoms with Gasteiger partial charge in [0.15, 0.2) is 0 Å². The molecule has 0 unspecified atom stereocenters. The van der Waals surface area contributed by atoms with Crippen LogP contribution in [0.4, 0.5) is 4.39 Å². The Morgan fingerprint density at radius 3 is 2.31 bits per heavy atom. The Bertz CT molecular complexity index is 455. The number of hydrogen-bond acceptors (Lipinski definition) is 3. The van der Waals surface area contributed by atoms with E-state index in [2.05, 4.69) is 8.83 Å². The molecule has 0 bridgehead atoms. The highest BCUT2D eigenvalue weighted by Gasteiger charge is 2.13. The Balaban J connectivity index is 2.59. The van der Waals surface area contributed by atoms with Gasteiger partial charge in [-0.15, -0.1) is 0 Å². The maximum absolute atomic E-state index is 12.8. The third kappa shape index (κ3) is 1.38. The first-order chi connectivity index (χ1) is 6.27. The average Bonchev–Trinajstić information content (AvgIpc) is 2.47. The Hall–Kier alpha value is -1.84. The molecule has 1 aromatic heterocycles. The minimum Gasteiger partial charge on any atom is -0.387 e. The van der Waals surface area contributed by atoms with Crippen LogP contribution in [0.15, 0.2) is 44.0 Å². The van der Waals surface area contributed by atoms with Crippen molar-refractivity contribution < 1.29 is 13.2 Å². The Morgan fingerprint density at radius 1 is 1.08 bits per heavy atom. The van der Waals surface area contributed by atoms with E-state index in [9.17, 15) is 9.18 Å². The van der Waals surface area contributed by atoms with Gasteiger partial charge in [-0.05, 0) is 0 Å². The van der Waals surface area contributed by atoms with Crippen LogP contribution in [0.5, 0.6) is 0 Å². The van der Waals surface area contributed by atoms with E-state index >= 15 is 0 Å². The zero-order valence-corrected chi connectivity index (χ0v) is 6.49. The Labute approximate surface area is 72.4 Å². The third-order valence-corrected chi connectivity index (χ3v) is 1.57. The first-order valence-corrected chi connectivity index (χ1v) is 3.62. The van der Waals surface area contributed by atoms with Gasteiger partial charge < -0.3 is 8.83 Å². The van der Waals surface area contributed by atoms with Gasteiger partial charge in [-0.25, -0.2) is 4.79 Å². The van der Waals surface area contributed by atoms with Crippen molar-refractivity contribution in [1.29, 1.82) is 0 Å². The van der Waals surface area contributed by atoms with E-state index in [-0.39, 0.29) is 5.76 Å². The van der Waals surface area contributed by atoms with Crippen molar-refractivity contribution in [1.82, 2.24) is 0 Å². The molecule has 0 saturated carbocycles. The van der Waals surface area contributed by atoms with E-state index in [1.807, 2.05) is 0 Å². The summed E-state index contributed by atoms with van der Waals surface area (Å²) in [5.74, 6) is -1.19. The SMILES string of the molecule is O=c1oc(F)c(-c2ccccc2)o1. The molecule has 1 heterocycles. The van der Waals surface area contributed by atoms with Crippen LogP contribution in [0.25, 0.3) is 11.3 Å². The van der Waals surface area contributed by atoms with Crippen molar-refractivity contribution in [3.8, 4) is 11.3 Å². The molecule has 66 valence electrons. The topological polar surface area (TPSA) is 43.4 Å². The largest absolute Gasteiger partial charge is 0.521 e. The fraction of sp³-hybridized carbons (Fsp3) is 0. The molecule has 1 aromatic carbocycles. The second-order valence-electron chi connectivity index (χ2n) is 2.42. The van der Waals surface area contributed by atoms with Gasteiger partial charge in [0.1, 0.15) is 0 Å². The third-order valence-electron chi connectivity index (χ3n) is 1.57. The lowest BCUT2D eigenvalue weighted by Crippen LogP contribution is -1.85. The fourth-order valence-electron chi connectivity index (χ4n) is 1.03. The molecule has 0 saturated heterocycles. The summed E-state index contributed by atoms with van der Waals surface area (Å²) in [5.41, 5.74) is 0.478. The molecule has 0 aliphatic carbocycles. The highest BCUT2D eigenvalue weighted by Crippen LogP contribution is 2.20. The molecular weight excluding hydrogens is 175 g/mol. The maximum Gasteiger partial charge on any atom is 0.521 e. The Morgan fingerprint density at radius 2 is 1.77 bits per heavy atom. The number of halogens is 1. The van der Waals surface area contributed by atoms with E-state index in [1.165, 1.54) is 0 Å². The van der Waals surface area contributed by atoms with Gasteiger partial charge >= 0.3 is 11.8 Å². The molecule has 0 aliphatic rings. The van der Waals surface area contributed by atoms with Crippen LogP contribution in [0.1, 0.15) is 0 Å². The van der Waals surface area contributed by atoms with Crippen LogP contribution < -0.4 is 5.82 Å². The van der Waals surface area contributed by atoms with Crippen LogP contribution in [0, 0.1) is 6.01 Å². The zero-order chi connectivity index (χ0) is 9.26. The molecule has 0 amide bonds. The Kier molecular flexibility index (Phi) is 1.73. The molecule has 4 heteroatoms. The van der Waals surface area contributed by atoms with Gasteiger partial charge in [-0.2, -0.15) is 4.39 Å². The fourth-order valence-corrected chi connectivity index (χ4v) is 1.03. The van der Waals surface area contributed by atoms with Gasteiger partial charge in [-0.1, -0.05) is 30.3 Å². The molecular formula is C9H5FO3. The first-order valence-electron chi connectivity index (χ1n) is 3.62. The number of benzene rings is 1. The number of hydrogen-bond donors (Lipinski definition) is 0. The second-order valence-corrected chi connectivity index (χ2v) is 2.42. The first kappa shape index (κ1) is 7.79. The molecule has 0 N–H and O–H groups in total. The van der Waals surface area contributed by atoms with Crippen molar-refractivity contribution in [2.45, 2.75) is 0 Å². The lowest BCUT2D eigenvalue weighted by atomic mass is 10.2. The maximum atomic E-state index is 12.8. The van der Waals surface area contributed by atoms with Gasteiger partial charge in [0.25, 0.3) is 0 Å². The minimum absolute atomic E-state index is 0.161. The predicted octanol–water partition coefficient (Wildman–Crippen LogP) is 2.04. The summed E-state index contributed by atoms with van der Waals surface area (Å²) in [5, 5.41) is 0. The molecule has 0 radical (unpaired) electrons. The molecule has 0 spiro atoms. The summed E-state index contributed by atoms with van der Waals surface area (Å²) in [4.78, 5) is 10.5. The summed E-state index contributed by atoms with van der Waals surface area (Å²) >= 11 is 0. The van der Waals surface area contributed by atoms with Crippen LogP contribution in [-0.2, 0) is 0 Å². The standard InChI is InChI=1S/C9H5FO3/c10-8-7(12-9(11)13-8)6-4-2-1-3-5-6/h1-5H. The summed E-state index contributed by atoms with van der Waals surface area (Å²) in [6.45, 7) is 0. The van der Waals surface area contributed by atoms with Crippen molar-refractivity contribution >= 4 is 0 Å². The quantitative estimate of drug-likeness (QED) is 0.674. The van der Waals surface area contributed by atoms with Gasteiger partial charge in [0, 0.05) is 5.56 Å². The van der Waals surface area contributed by atoms with E-state index in [4.69, 9.17) is 0 Å². The molecule has 2 aromatic rings. The van der Waals surface area contributed by atoms with E-state index in [0.717, 1.165) is 0 Å². The molecule has 0 fully saturated rings. The van der Waals surface area contributed by atoms with Crippen molar-refractivity contribution in [3.05, 3.63) is 47.0 Å². The second kappa shape index (κ2) is 2.90.